The van der Waals surface area contributed by atoms with Crippen LogP contribution >= 0.6 is 0 Å². The van der Waals surface area contributed by atoms with E-state index in [1.165, 1.54) is 0 Å². The SMILES string of the molecule is COc1cc(C)ccc1NCc1cnn(CCO)c1. The van der Waals surface area contributed by atoms with Gasteiger partial charge < -0.3 is 15.2 Å². The normalized spacial score (nSPS) is 10.5. The molecular formula is C14H19N3O2. The number of hydrogen-bond donors (Lipinski definition) is 2. The maximum absolute atomic E-state index is 8.84. The summed E-state index contributed by atoms with van der Waals surface area (Å²) in [6.07, 6.45) is 3.72. The maximum atomic E-state index is 8.84. The highest BCUT2D eigenvalue weighted by Gasteiger charge is 2.04. The zero-order chi connectivity index (χ0) is 13.7. The van der Waals surface area contributed by atoms with E-state index in [9.17, 15) is 0 Å². The Labute approximate surface area is 112 Å². The molecule has 0 amide bonds. The molecule has 5 heteroatoms. The average Bonchev–Trinajstić information content (AvgIpc) is 2.85. The second-order valence-corrected chi connectivity index (χ2v) is 4.39. The summed E-state index contributed by atoms with van der Waals surface area (Å²) in [5.41, 5.74) is 3.19. The van der Waals surface area contributed by atoms with Gasteiger partial charge in [-0.05, 0) is 24.6 Å². The van der Waals surface area contributed by atoms with Crippen molar-refractivity contribution in [3.05, 3.63) is 41.7 Å². The van der Waals surface area contributed by atoms with Crippen molar-refractivity contribution in [3.63, 3.8) is 0 Å². The summed E-state index contributed by atoms with van der Waals surface area (Å²) in [6, 6.07) is 6.05. The Balaban J connectivity index is 2.01. The van der Waals surface area contributed by atoms with Gasteiger partial charge in [-0.1, -0.05) is 6.07 Å². The van der Waals surface area contributed by atoms with Crippen LogP contribution in [-0.4, -0.2) is 28.6 Å². The highest BCUT2D eigenvalue weighted by atomic mass is 16.5. The molecule has 0 bridgehead atoms. The number of aliphatic hydroxyl groups excluding tert-OH is 1. The molecule has 5 nitrogen and oxygen atoms in total. The molecule has 1 aromatic carbocycles. The van der Waals surface area contributed by atoms with Gasteiger partial charge in [-0.3, -0.25) is 4.68 Å². The third-order valence-electron chi connectivity index (χ3n) is 2.86. The summed E-state index contributed by atoms with van der Waals surface area (Å²) in [5.74, 6) is 0.836. The van der Waals surface area contributed by atoms with Gasteiger partial charge in [-0.25, -0.2) is 0 Å². The average molecular weight is 261 g/mol. The van der Waals surface area contributed by atoms with Gasteiger partial charge in [0.15, 0.2) is 0 Å². The van der Waals surface area contributed by atoms with E-state index in [1.807, 2.05) is 31.3 Å². The molecule has 0 saturated heterocycles. The Bertz CT molecular complexity index is 537. The lowest BCUT2D eigenvalue weighted by atomic mass is 10.2. The highest BCUT2D eigenvalue weighted by molar-refractivity contribution is 5.57. The quantitative estimate of drug-likeness (QED) is 0.832. The van der Waals surface area contributed by atoms with Crippen LogP contribution in [0.5, 0.6) is 5.75 Å². The van der Waals surface area contributed by atoms with Crippen LogP contribution in [0.15, 0.2) is 30.6 Å². The van der Waals surface area contributed by atoms with E-state index in [0.29, 0.717) is 13.1 Å². The summed E-state index contributed by atoms with van der Waals surface area (Å²) >= 11 is 0. The standard InChI is InChI=1S/C14H19N3O2/c1-11-3-4-13(14(7-11)19-2)15-8-12-9-16-17(10-12)5-6-18/h3-4,7,9-10,15,18H,5-6,8H2,1-2H3. The van der Waals surface area contributed by atoms with E-state index in [0.717, 1.165) is 22.6 Å². The molecule has 2 rings (SSSR count). The van der Waals surface area contributed by atoms with Crippen molar-refractivity contribution in [1.29, 1.82) is 0 Å². The van der Waals surface area contributed by atoms with Crippen LogP contribution in [0.4, 0.5) is 5.69 Å². The van der Waals surface area contributed by atoms with Crippen LogP contribution in [0.1, 0.15) is 11.1 Å². The third kappa shape index (κ3) is 3.48. The van der Waals surface area contributed by atoms with Crippen molar-refractivity contribution < 1.29 is 9.84 Å². The molecule has 0 saturated carbocycles. The van der Waals surface area contributed by atoms with Gasteiger partial charge in [-0.2, -0.15) is 5.10 Å². The second kappa shape index (κ2) is 6.24. The minimum absolute atomic E-state index is 0.0976. The van der Waals surface area contributed by atoms with Gasteiger partial charge in [-0.15, -0.1) is 0 Å². The lowest BCUT2D eigenvalue weighted by Crippen LogP contribution is -2.03. The van der Waals surface area contributed by atoms with Crippen molar-refractivity contribution >= 4 is 5.69 Å². The molecule has 0 spiro atoms. The number of benzene rings is 1. The summed E-state index contributed by atoms with van der Waals surface area (Å²) < 4.78 is 7.07. The highest BCUT2D eigenvalue weighted by Crippen LogP contribution is 2.25. The van der Waals surface area contributed by atoms with Crippen LogP contribution in [0, 0.1) is 6.92 Å². The van der Waals surface area contributed by atoms with Crippen LogP contribution in [0.25, 0.3) is 0 Å². The molecule has 19 heavy (non-hydrogen) atoms. The van der Waals surface area contributed by atoms with Crippen molar-refractivity contribution in [2.75, 3.05) is 19.0 Å². The number of methoxy groups -OCH3 is 1. The predicted molar refractivity (Wildman–Crippen MR) is 74.4 cm³/mol. The van der Waals surface area contributed by atoms with Crippen LogP contribution in [0.3, 0.4) is 0 Å². The molecule has 2 aromatic rings. The molecule has 1 aromatic heterocycles. The Morgan fingerprint density at radius 2 is 2.26 bits per heavy atom. The third-order valence-corrected chi connectivity index (χ3v) is 2.86. The van der Waals surface area contributed by atoms with Crippen LogP contribution in [0.2, 0.25) is 0 Å². The number of aromatic nitrogens is 2. The predicted octanol–water partition coefficient (Wildman–Crippen LogP) is 1.80. The van der Waals surface area contributed by atoms with Crippen molar-refractivity contribution in [2.24, 2.45) is 0 Å². The molecule has 0 unspecified atom stereocenters. The smallest absolute Gasteiger partial charge is 0.142 e. The molecule has 0 fully saturated rings. The molecular weight excluding hydrogens is 242 g/mol. The Morgan fingerprint density at radius 1 is 1.42 bits per heavy atom. The Hall–Kier alpha value is -2.01. The Kier molecular flexibility index (Phi) is 4.41. The second-order valence-electron chi connectivity index (χ2n) is 4.39. The number of hydrogen-bond acceptors (Lipinski definition) is 4. The first kappa shape index (κ1) is 13.4. The monoisotopic (exact) mass is 261 g/mol. The molecule has 0 radical (unpaired) electrons. The fourth-order valence-corrected chi connectivity index (χ4v) is 1.86. The van der Waals surface area contributed by atoms with E-state index in [1.54, 1.807) is 18.0 Å². The lowest BCUT2D eigenvalue weighted by molar-refractivity contribution is 0.269. The number of nitrogens with one attached hydrogen (secondary N) is 1. The topological polar surface area (TPSA) is 59.3 Å². The Morgan fingerprint density at radius 3 is 3.00 bits per heavy atom. The summed E-state index contributed by atoms with van der Waals surface area (Å²) in [7, 11) is 1.67. The minimum atomic E-state index is 0.0976. The van der Waals surface area contributed by atoms with E-state index in [2.05, 4.69) is 10.4 Å². The minimum Gasteiger partial charge on any atom is -0.495 e. The zero-order valence-corrected chi connectivity index (χ0v) is 11.3. The van der Waals surface area contributed by atoms with E-state index >= 15 is 0 Å². The van der Waals surface area contributed by atoms with Gasteiger partial charge >= 0.3 is 0 Å². The summed E-state index contributed by atoms with van der Waals surface area (Å²) in [4.78, 5) is 0. The van der Waals surface area contributed by atoms with Crippen molar-refractivity contribution in [1.82, 2.24) is 9.78 Å². The summed E-state index contributed by atoms with van der Waals surface area (Å²) in [6.45, 7) is 3.32. The van der Waals surface area contributed by atoms with E-state index in [4.69, 9.17) is 9.84 Å². The first-order valence-corrected chi connectivity index (χ1v) is 6.23. The first-order chi connectivity index (χ1) is 9.22. The molecule has 1 heterocycles. The molecule has 2 N–H and O–H groups in total. The van der Waals surface area contributed by atoms with Gasteiger partial charge in [0.2, 0.25) is 0 Å². The van der Waals surface area contributed by atoms with Crippen LogP contribution < -0.4 is 10.1 Å². The van der Waals surface area contributed by atoms with Gasteiger partial charge in [0.25, 0.3) is 0 Å². The largest absolute Gasteiger partial charge is 0.495 e. The number of rotatable bonds is 6. The fourth-order valence-electron chi connectivity index (χ4n) is 1.86. The van der Waals surface area contributed by atoms with Crippen molar-refractivity contribution in [2.45, 2.75) is 20.0 Å². The number of aryl methyl sites for hydroxylation is 1. The van der Waals surface area contributed by atoms with E-state index < -0.39 is 0 Å². The zero-order valence-electron chi connectivity index (χ0n) is 11.3. The molecule has 0 aliphatic carbocycles. The maximum Gasteiger partial charge on any atom is 0.142 e. The molecule has 0 atom stereocenters. The molecule has 102 valence electrons. The fraction of sp³-hybridized carbons (Fsp3) is 0.357. The number of nitrogens with zero attached hydrogens (tertiary/aromatic N) is 2. The molecule has 0 aliphatic heterocycles. The number of ether oxygens (including phenoxy) is 1. The van der Waals surface area contributed by atoms with Crippen molar-refractivity contribution in [3.8, 4) is 5.75 Å². The first-order valence-electron chi connectivity index (χ1n) is 6.23. The van der Waals surface area contributed by atoms with Gasteiger partial charge in [0.05, 0.1) is 32.1 Å². The number of anilines is 1. The van der Waals surface area contributed by atoms with Gasteiger partial charge in [0, 0.05) is 18.3 Å². The number of aliphatic hydroxyl groups is 1. The molecule has 0 aliphatic rings. The van der Waals surface area contributed by atoms with Gasteiger partial charge in [0.1, 0.15) is 5.75 Å². The van der Waals surface area contributed by atoms with E-state index in [-0.39, 0.29) is 6.61 Å². The lowest BCUT2D eigenvalue weighted by Gasteiger charge is -2.11. The summed E-state index contributed by atoms with van der Waals surface area (Å²) in [5, 5.41) is 16.3. The van der Waals surface area contributed by atoms with Crippen LogP contribution in [-0.2, 0) is 13.1 Å².